The van der Waals surface area contributed by atoms with Crippen molar-refractivity contribution in [2.45, 2.75) is 38.5 Å². The molecule has 2 rings (SSSR count). The predicted octanol–water partition coefficient (Wildman–Crippen LogP) is 4.50. The molecule has 98 valence electrons. The van der Waals surface area contributed by atoms with Gasteiger partial charge in [0, 0.05) is 11.6 Å². The summed E-state index contributed by atoms with van der Waals surface area (Å²) < 4.78 is 13.8. The van der Waals surface area contributed by atoms with Crippen LogP contribution in [0.15, 0.2) is 22.7 Å². The van der Waals surface area contributed by atoms with Crippen LogP contribution in [0.3, 0.4) is 0 Å². The monoisotopic (exact) mass is 313 g/mol. The van der Waals surface area contributed by atoms with E-state index in [0.717, 1.165) is 25.7 Å². The lowest BCUT2D eigenvalue weighted by atomic mass is 9.99. The molecule has 1 aromatic carbocycles. The van der Waals surface area contributed by atoms with Crippen LogP contribution in [0.1, 0.15) is 38.5 Å². The largest absolute Gasteiger partial charge is 0.326 e. The number of carbonyl (C=O) groups excluding carboxylic acids is 1. The van der Waals surface area contributed by atoms with E-state index in [2.05, 4.69) is 21.2 Å². The second kappa shape index (κ2) is 6.32. The standard InChI is InChI=1S/C14H17BrFNO/c15-12-8-7-11(9-13(12)16)17-14(18)10-5-3-1-2-4-6-10/h7-10H,1-6H2,(H,17,18). The van der Waals surface area contributed by atoms with Crippen molar-refractivity contribution in [3.8, 4) is 0 Å². The zero-order valence-corrected chi connectivity index (χ0v) is 11.8. The molecule has 0 atom stereocenters. The van der Waals surface area contributed by atoms with Crippen LogP contribution in [0.5, 0.6) is 0 Å². The molecular weight excluding hydrogens is 297 g/mol. The fourth-order valence-corrected chi connectivity index (χ4v) is 2.61. The third-order valence-corrected chi connectivity index (χ3v) is 4.06. The van der Waals surface area contributed by atoms with Gasteiger partial charge in [-0.15, -0.1) is 0 Å². The van der Waals surface area contributed by atoms with Gasteiger partial charge in [-0.25, -0.2) is 4.39 Å². The number of benzene rings is 1. The van der Waals surface area contributed by atoms with Crippen LogP contribution in [-0.2, 0) is 4.79 Å². The van der Waals surface area contributed by atoms with E-state index in [9.17, 15) is 9.18 Å². The van der Waals surface area contributed by atoms with Gasteiger partial charge in [0.2, 0.25) is 5.91 Å². The average molecular weight is 314 g/mol. The Balaban J connectivity index is 1.99. The van der Waals surface area contributed by atoms with Gasteiger partial charge in [-0.2, -0.15) is 0 Å². The summed E-state index contributed by atoms with van der Waals surface area (Å²) in [5, 5.41) is 2.81. The number of halogens is 2. The summed E-state index contributed by atoms with van der Waals surface area (Å²) in [7, 11) is 0. The van der Waals surface area contributed by atoms with Crippen molar-refractivity contribution in [3.63, 3.8) is 0 Å². The molecule has 0 aromatic heterocycles. The second-order valence-corrected chi connectivity index (χ2v) is 5.66. The first-order chi connectivity index (χ1) is 8.66. The Labute approximate surface area is 115 Å². The quantitative estimate of drug-likeness (QED) is 0.800. The van der Waals surface area contributed by atoms with Crippen LogP contribution in [0.2, 0.25) is 0 Å². The summed E-state index contributed by atoms with van der Waals surface area (Å²) in [5.41, 5.74) is 0.532. The molecule has 1 amide bonds. The second-order valence-electron chi connectivity index (χ2n) is 4.81. The summed E-state index contributed by atoms with van der Waals surface area (Å²) >= 11 is 3.09. The number of carbonyl (C=O) groups is 1. The molecular formula is C14H17BrFNO. The van der Waals surface area contributed by atoms with E-state index in [1.165, 1.54) is 18.9 Å². The van der Waals surface area contributed by atoms with Crippen molar-refractivity contribution < 1.29 is 9.18 Å². The van der Waals surface area contributed by atoms with Gasteiger partial charge in [0.1, 0.15) is 5.82 Å². The number of rotatable bonds is 2. The average Bonchev–Trinajstić information content (AvgIpc) is 2.62. The molecule has 1 aliphatic rings. The molecule has 0 bridgehead atoms. The van der Waals surface area contributed by atoms with Gasteiger partial charge in [0.05, 0.1) is 4.47 Å². The zero-order valence-electron chi connectivity index (χ0n) is 10.2. The lowest BCUT2D eigenvalue weighted by Gasteiger charge is -2.14. The van der Waals surface area contributed by atoms with Crippen LogP contribution < -0.4 is 5.32 Å². The molecule has 0 radical (unpaired) electrons. The van der Waals surface area contributed by atoms with Crippen molar-refractivity contribution >= 4 is 27.5 Å². The minimum atomic E-state index is -0.353. The predicted molar refractivity (Wildman–Crippen MR) is 73.9 cm³/mol. The van der Waals surface area contributed by atoms with E-state index in [4.69, 9.17) is 0 Å². The third kappa shape index (κ3) is 3.55. The molecule has 0 saturated heterocycles. The Morgan fingerprint density at radius 2 is 1.89 bits per heavy atom. The molecule has 1 aromatic rings. The molecule has 1 saturated carbocycles. The van der Waals surface area contributed by atoms with Crippen LogP contribution >= 0.6 is 15.9 Å². The van der Waals surface area contributed by atoms with Crippen LogP contribution in [0.25, 0.3) is 0 Å². The summed E-state index contributed by atoms with van der Waals surface area (Å²) in [4.78, 5) is 12.1. The maximum absolute atomic E-state index is 13.3. The fourth-order valence-electron chi connectivity index (χ4n) is 2.36. The van der Waals surface area contributed by atoms with Crippen LogP contribution in [-0.4, -0.2) is 5.91 Å². The summed E-state index contributed by atoms with van der Waals surface area (Å²) in [5.74, 6) is -0.244. The van der Waals surface area contributed by atoms with E-state index in [0.29, 0.717) is 10.2 Å². The van der Waals surface area contributed by atoms with Crippen molar-refractivity contribution in [2.24, 2.45) is 5.92 Å². The van der Waals surface area contributed by atoms with E-state index in [-0.39, 0.29) is 17.6 Å². The van der Waals surface area contributed by atoms with Gasteiger partial charge < -0.3 is 5.32 Å². The molecule has 0 unspecified atom stereocenters. The van der Waals surface area contributed by atoms with Crippen LogP contribution in [0.4, 0.5) is 10.1 Å². The first-order valence-electron chi connectivity index (χ1n) is 6.43. The van der Waals surface area contributed by atoms with E-state index in [1.54, 1.807) is 12.1 Å². The molecule has 0 spiro atoms. The minimum Gasteiger partial charge on any atom is -0.326 e. The number of hydrogen-bond acceptors (Lipinski definition) is 1. The number of anilines is 1. The van der Waals surface area contributed by atoms with Gasteiger partial charge in [0.15, 0.2) is 0 Å². The number of hydrogen-bond donors (Lipinski definition) is 1. The van der Waals surface area contributed by atoms with E-state index in [1.807, 2.05) is 0 Å². The highest BCUT2D eigenvalue weighted by atomic mass is 79.9. The number of nitrogens with one attached hydrogen (secondary N) is 1. The zero-order chi connectivity index (χ0) is 13.0. The summed E-state index contributed by atoms with van der Waals surface area (Å²) in [6.07, 6.45) is 6.57. The Kier molecular flexibility index (Phi) is 4.75. The van der Waals surface area contributed by atoms with Crippen molar-refractivity contribution in [1.82, 2.24) is 0 Å². The SMILES string of the molecule is O=C(Nc1ccc(Br)c(F)c1)C1CCCCCC1. The highest BCUT2D eigenvalue weighted by Gasteiger charge is 2.20. The van der Waals surface area contributed by atoms with Crippen molar-refractivity contribution in [2.75, 3.05) is 5.32 Å². The van der Waals surface area contributed by atoms with Gasteiger partial charge in [-0.1, -0.05) is 25.7 Å². The highest BCUT2D eigenvalue weighted by molar-refractivity contribution is 9.10. The topological polar surface area (TPSA) is 29.1 Å². The molecule has 0 aliphatic heterocycles. The number of amides is 1. The molecule has 1 aliphatic carbocycles. The van der Waals surface area contributed by atoms with Gasteiger partial charge >= 0.3 is 0 Å². The first-order valence-corrected chi connectivity index (χ1v) is 7.22. The maximum atomic E-state index is 13.3. The third-order valence-electron chi connectivity index (χ3n) is 3.41. The summed E-state index contributed by atoms with van der Waals surface area (Å²) in [6, 6.07) is 4.67. The first kappa shape index (κ1) is 13.5. The molecule has 1 fully saturated rings. The van der Waals surface area contributed by atoms with Crippen molar-refractivity contribution in [1.29, 1.82) is 0 Å². The van der Waals surface area contributed by atoms with E-state index >= 15 is 0 Å². The maximum Gasteiger partial charge on any atom is 0.227 e. The Bertz CT molecular complexity index is 428. The van der Waals surface area contributed by atoms with Crippen molar-refractivity contribution in [3.05, 3.63) is 28.5 Å². The molecule has 1 N–H and O–H groups in total. The summed E-state index contributed by atoms with van der Waals surface area (Å²) in [6.45, 7) is 0. The molecule has 0 heterocycles. The molecule has 4 heteroatoms. The lowest BCUT2D eigenvalue weighted by molar-refractivity contribution is -0.120. The molecule has 2 nitrogen and oxygen atoms in total. The smallest absolute Gasteiger partial charge is 0.227 e. The minimum absolute atomic E-state index is 0.0265. The Morgan fingerprint density at radius 3 is 2.50 bits per heavy atom. The lowest BCUT2D eigenvalue weighted by Crippen LogP contribution is -2.22. The van der Waals surface area contributed by atoms with Gasteiger partial charge in [0.25, 0.3) is 0 Å². The fraction of sp³-hybridized carbons (Fsp3) is 0.500. The normalized spacial score (nSPS) is 17.2. The van der Waals surface area contributed by atoms with E-state index < -0.39 is 0 Å². The van der Waals surface area contributed by atoms with Gasteiger partial charge in [-0.05, 0) is 47.0 Å². The van der Waals surface area contributed by atoms with Crippen LogP contribution in [0, 0.1) is 11.7 Å². The Hall–Kier alpha value is -0.900. The highest BCUT2D eigenvalue weighted by Crippen LogP contribution is 2.25. The van der Waals surface area contributed by atoms with Gasteiger partial charge in [-0.3, -0.25) is 4.79 Å². The molecule has 18 heavy (non-hydrogen) atoms. The Morgan fingerprint density at radius 1 is 1.22 bits per heavy atom.